The van der Waals surface area contributed by atoms with Crippen molar-refractivity contribution in [3.8, 4) is 0 Å². The number of aryl methyl sites for hydroxylation is 1. The monoisotopic (exact) mass is 339 g/mol. The van der Waals surface area contributed by atoms with E-state index in [-0.39, 0.29) is 0 Å². The van der Waals surface area contributed by atoms with Crippen LogP contribution in [0.15, 0.2) is 44.9 Å². The molecule has 0 aliphatic carbocycles. The van der Waals surface area contributed by atoms with Crippen molar-refractivity contribution < 1.29 is 0 Å². The van der Waals surface area contributed by atoms with Crippen molar-refractivity contribution >= 4 is 27.7 Å². The maximum Gasteiger partial charge on any atom is 0.0629 e. The highest BCUT2D eigenvalue weighted by Crippen LogP contribution is 2.35. The zero-order valence-electron chi connectivity index (χ0n) is 11.4. The van der Waals surface area contributed by atoms with Crippen LogP contribution in [0.3, 0.4) is 0 Å². The van der Waals surface area contributed by atoms with Crippen molar-refractivity contribution in [2.45, 2.75) is 29.7 Å². The molecule has 1 heterocycles. The Hall–Kier alpha value is -0.780. The first-order valence-electron chi connectivity index (χ1n) is 6.29. The summed E-state index contributed by atoms with van der Waals surface area (Å²) in [6, 6.07) is 6.78. The highest BCUT2D eigenvalue weighted by molar-refractivity contribution is 9.10. The van der Waals surface area contributed by atoms with Gasteiger partial charge in [0, 0.05) is 28.7 Å². The first kappa shape index (κ1) is 14.6. The Labute approximate surface area is 126 Å². The Morgan fingerprint density at radius 1 is 1.47 bits per heavy atom. The molecule has 0 saturated carbocycles. The molecular formula is C14H18BrN3S. The molecule has 0 fully saturated rings. The second-order valence-corrected chi connectivity index (χ2v) is 6.44. The summed E-state index contributed by atoms with van der Waals surface area (Å²) in [5.74, 6) is 0. The molecule has 0 radical (unpaired) electrons. The van der Waals surface area contributed by atoms with Gasteiger partial charge in [0.05, 0.1) is 11.1 Å². The van der Waals surface area contributed by atoms with Crippen molar-refractivity contribution in [2.24, 2.45) is 7.05 Å². The number of benzene rings is 1. The fourth-order valence-corrected chi connectivity index (χ4v) is 3.57. The van der Waals surface area contributed by atoms with Crippen LogP contribution in [0.1, 0.15) is 25.5 Å². The lowest BCUT2D eigenvalue weighted by Crippen LogP contribution is -2.18. The van der Waals surface area contributed by atoms with E-state index in [2.05, 4.69) is 58.4 Å². The van der Waals surface area contributed by atoms with Gasteiger partial charge in [0.15, 0.2) is 0 Å². The van der Waals surface area contributed by atoms with Gasteiger partial charge in [-0.15, -0.1) is 0 Å². The van der Waals surface area contributed by atoms with E-state index in [4.69, 9.17) is 0 Å². The summed E-state index contributed by atoms with van der Waals surface area (Å²) in [6.45, 7) is 5.29. The molecule has 0 amide bonds. The van der Waals surface area contributed by atoms with Crippen LogP contribution in [0.5, 0.6) is 0 Å². The summed E-state index contributed by atoms with van der Waals surface area (Å²) in [5, 5.41) is 7.68. The van der Waals surface area contributed by atoms with Gasteiger partial charge < -0.3 is 5.32 Å². The Balaban J connectivity index is 2.29. The van der Waals surface area contributed by atoms with Crippen LogP contribution >= 0.6 is 27.7 Å². The average molecular weight is 340 g/mol. The van der Waals surface area contributed by atoms with E-state index in [9.17, 15) is 0 Å². The SMILES string of the molecule is CCNC(C)c1ccc(Br)cc1Sc1cnn(C)c1. The van der Waals surface area contributed by atoms with E-state index < -0.39 is 0 Å². The number of halogens is 1. The van der Waals surface area contributed by atoms with Crippen molar-refractivity contribution in [2.75, 3.05) is 6.54 Å². The van der Waals surface area contributed by atoms with Gasteiger partial charge in [-0.3, -0.25) is 4.68 Å². The number of hydrogen-bond acceptors (Lipinski definition) is 3. The van der Waals surface area contributed by atoms with Crippen LogP contribution in [-0.2, 0) is 7.05 Å². The largest absolute Gasteiger partial charge is 0.310 e. The van der Waals surface area contributed by atoms with Crippen molar-refractivity contribution in [1.29, 1.82) is 0 Å². The molecule has 0 aliphatic heterocycles. The van der Waals surface area contributed by atoms with Gasteiger partial charge in [-0.1, -0.05) is 40.7 Å². The minimum Gasteiger partial charge on any atom is -0.310 e. The maximum atomic E-state index is 4.21. The molecule has 0 aliphatic rings. The molecule has 2 aromatic rings. The molecule has 1 N–H and O–H groups in total. The molecule has 0 spiro atoms. The maximum absolute atomic E-state index is 4.21. The fourth-order valence-electron chi connectivity index (χ4n) is 1.95. The van der Waals surface area contributed by atoms with Crippen LogP contribution in [0.4, 0.5) is 0 Å². The summed E-state index contributed by atoms with van der Waals surface area (Å²) < 4.78 is 2.93. The predicted molar refractivity (Wildman–Crippen MR) is 83.6 cm³/mol. The smallest absolute Gasteiger partial charge is 0.0629 e. The van der Waals surface area contributed by atoms with Crippen LogP contribution in [0, 0.1) is 0 Å². The lowest BCUT2D eigenvalue weighted by molar-refractivity contribution is 0.589. The molecule has 1 unspecified atom stereocenters. The summed E-state index contributed by atoms with van der Waals surface area (Å²) in [6.07, 6.45) is 3.93. The van der Waals surface area contributed by atoms with E-state index in [1.807, 2.05) is 24.1 Å². The molecule has 1 aromatic carbocycles. The van der Waals surface area contributed by atoms with Gasteiger partial charge in [0.1, 0.15) is 0 Å². The van der Waals surface area contributed by atoms with Gasteiger partial charge in [0.2, 0.25) is 0 Å². The zero-order chi connectivity index (χ0) is 13.8. The first-order chi connectivity index (χ1) is 9.10. The molecule has 0 saturated heterocycles. The molecule has 1 aromatic heterocycles. The Morgan fingerprint density at radius 3 is 2.89 bits per heavy atom. The molecule has 5 heteroatoms. The lowest BCUT2D eigenvalue weighted by Gasteiger charge is -2.17. The summed E-state index contributed by atoms with van der Waals surface area (Å²) in [7, 11) is 1.94. The fraction of sp³-hybridized carbons (Fsp3) is 0.357. The normalized spacial score (nSPS) is 12.6. The highest BCUT2D eigenvalue weighted by Gasteiger charge is 2.12. The third kappa shape index (κ3) is 3.84. The van der Waals surface area contributed by atoms with Gasteiger partial charge in [0.25, 0.3) is 0 Å². The van der Waals surface area contributed by atoms with Gasteiger partial charge in [-0.2, -0.15) is 5.10 Å². The van der Waals surface area contributed by atoms with Crippen molar-refractivity contribution in [3.05, 3.63) is 40.6 Å². The Kier molecular flexibility index (Phi) is 5.07. The third-order valence-corrected chi connectivity index (χ3v) is 4.37. The van der Waals surface area contributed by atoms with E-state index in [0.29, 0.717) is 6.04 Å². The Bertz CT molecular complexity index is 553. The van der Waals surface area contributed by atoms with Gasteiger partial charge >= 0.3 is 0 Å². The van der Waals surface area contributed by atoms with E-state index in [1.165, 1.54) is 10.5 Å². The predicted octanol–water partition coefficient (Wildman–Crippen LogP) is 4.00. The third-order valence-electron chi connectivity index (χ3n) is 2.86. The van der Waals surface area contributed by atoms with Crippen molar-refractivity contribution in [1.82, 2.24) is 15.1 Å². The molecule has 19 heavy (non-hydrogen) atoms. The number of rotatable bonds is 5. The summed E-state index contributed by atoms with van der Waals surface area (Å²) in [4.78, 5) is 2.42. The second-order valence-electron chi connectivity index (χ2n) is 4.41. The average Bonchev–Trinajstić information content (AvgIpc) is 2.75. The topological polar surface area (TPSA) is 29.9 Å². The lowest BCUT2D eigenvalue weighted by atomic mass is 10.1. The van der Waals surface area contributed by atoms with E-state index in [0.717, 1.165) is 15.9 Å². The van der Waals surface area contributed by atoms with Gasteiger partial charge in [-0.05, 0) is 31.2 Å². The van der Waals surface area contributed by atoms with Crippen molar-refractivity contribution in [3.63, 3.8) is 0 Å². The zero-order valence-corrected chi connectivity index (χ0v) is 13.8. The Morgan fingerprint density at radius 2 is 2.26 bits per heavy atom. The number of hydrogen-bond donors (Lipinski definition) is 1. The quantitative estimate of drug-likeness (QED) is 0.892. The highest BCUT2D eigenvalue weighted by atomic mass is 79.9. The van der Waals surface area contributed by atoms with Crippen LogP contribution in [0.25, 0.3) is 0 Å². The van der Waals surface area contributed by atoms with Crippen LogP contribution < -0.4 is 5.32 Å². The summed E-state index contributed by atoms with van der Waals surface area (Å²) >= 11 is 5.30. The standard InChI is InChI=1S/C14H18BrN3S/c1-4-16-10(2)13-6-5-11(15)7-14(13)19-12-8-17-18(3)9-12/h5-10,16H,4H2,1-3H3. The second kappa shape index (κ2) is 6.59. The van der Waals surface area contributed by atoms with Crippen LogP contribution in [0.2, 0.25) is 0 Å². The summed E-state index contributed by atoms with van der Waals surface area (Å²) in [5.41, 5.74) is 1.32. The first-order valence-corrected chi connectivity index (χ1v) is 7.90. The van der Waals surface area contributed by atoms with E-state index in [1.54, 1.807) is 11.8 Å². The minimum absolute atomic E-state index is 0.345. The minimum atomic E-state index is 0.345. The molecule has 1 atom stereocenters. The molecule has 0 bridgehead atoms. The number of nitrogens with one attached hydrogen (secondary N) is 1. The molecule has 3 nitrogen and oxygen atoms in total. The molecule has 2 rings (SSSR count). The molecular weight excluding hydrogens is 322 g/mol. The number of nitrogens with zero attached hydrogens (tertiary/aromatic N) is 2. The van der Waals surface area contributed by atoms with Crippen LogP contribution in [-0.4, -0.2) is 16.3 Å². The van der Waals surface area contributed by atoms with E-state index >= 15 is 0 Å². The molecule has 102 valence electrons. The number of aromatic nitrogens is 2. The van der Waals surface area contributed by atoms with Gasteiger partial charge in [-0.25, -0.2) is 0 Å².